The molecule has 82 valence electrons. The van der Waals surface area contributed by atoms with Gasteiger partial charge in [0, 0.05) is 13.1 Å². The van der Waals surface area contributed by atoms with E-state index in [2.05, 4.69) is 15.9 Å². The SMILES string of the molecule is Cc1cc(C(=O)N2CCC(Cl)C2)sc1Br. The highest BCUT2D eigenvalue weighted by Gasteiger charge is 2.26. The number of likely N-dealkylation sites (tertiary alicyclic amines) is 1. The second-order valence-corrected chi connectivity index (χ2v) is 6.69. The molecule has 0 bridgehead atoms. The molecule has 0 radical (unpaired) electrons. The zero-order valence-corrected chi connectivity index (χ0v) is 11.5. The molecule has 2 rings (SSSR count). The number of hydrogen-bond donors (Lipinski definition) is 0. The minimum Gasteiger partial charge on any atom is -0.336 e. The smallest absolute Gasteiger partial charge is 0.264 e. The maximum absolute atomic E-state index is 12.0. The summed E-state index contributed by atoms with van der Waals surface area (Å²) in [5.74, 6) is 0.108. The van der Waals surface area contributed by atoms with E-state index >= 15 is 0 Å². The molecule has 0 saturated carbocycles. The lowest BCUT2D eigenvalue weighted by atomic mass is 10.3. The zero-order valence-electron chi connectivity index (χ0n) is 8.30. The van der Waals surface area contributed by atoms with E-state index in [1.165, 1.54) is 11.3 Å². The molecule has 2 nitrogen and oxygen atoms in total. The van der Waals surface area contributed by atoms with Crippen molar-refractivity contribution >= 4 is 44.8 Å². The van der Waals surface area contributed by atoms with Crippen LogP contribution < -0.4 is 0 Å². The lowest BCUT2D eigenvalue weighted by Gasteiger charge is -2.13. The van der Waals surface area contributed by atoms with E-state index in [0.29, 0.717) is 6.54 Å². The van der Waals surface area contributed by atoms with Gasteiger partial charge in [0.05, 0.1) is 14.0 Å². The summed E-state index contributed by atoms with van der Waals surface area (Å²) in [6, 6.07) is 1.93. The van der Waals surface area contributed by atoms with Gasteiger partial charge in [-0.25, -0.2) is 0 Å². The summed E-state index contributed by atoms with van der Waals surface area (Å²) in [5, 5.41) is 0.124. The van der Waals surface area contributed by atoms with Crippen molar-refractivity contribution in [1.82, 2.24) is 4.90 Å². The maximum Gasteiger partial charge on any atom is 0.264 e. The molecule has 5 heteroatoms. The van der Waals surface area contributed by atoms with Gasteiger partial charge in [0.15, 0.2) is 0 Å². The Bertz CT molecular complexity index is 373. The molecule has 0 aromatic carbocycles. The molecular weight excluding hydrogens is 298 g/mol. The first-order valence-electron chi connectivity index (χ1n) is 4.77. The fraction of sp³-hybridized carbons (Fsp3) is 0.500. The normalized spacial score (nSPS) is 21.0. The number of thiophene rings is 1. The molecule has 1 amide bonds. The predicted octanol–water partition coefficient (Wildman–Crippen LogP) is 3.27. The number of amides is 1. The van der Waals surface area contributed by atoms with Crippen LogP contribution in [0.25, 0.3) is 0 Å². The molecule has 1 saturated heterocycles. The van der Waals surface area contributed by atoms with E-state index in [1.54, 1.807) is 0 Å². The van der Waals surface area contributed by atoms with Gasteiger partial charge in [0.25, 0.3) is 5.91 Å². The second-order valence-electron chi connectivity index (χ2n) is 3.70. The molecule has 15 heavy (non-hydrogen) atoms. The Hall–Kier alpha value is -0.0600. The van der Waals surface area contributed by atoms with Gasteiger partial charge in [-0.2, -0.15) is 0 Å². The number of carbonyl (C=O) groups excluding carboxylic acids is 1. The molecule has 1 unspecified atom stereocenters. The maximum atomic E-state index is 12.0. The van der Waals surface area contributed by atoms with Crippen molar-refractivity contribution < 1.29 is 4.79 Å². The van der Waals surface area contributed by atoms with Gasteiger partial charge < -0.3 is 4.90 Å². The van der Waals surface area contributed by atoms with Gasteiger partial charge >= 0.3 is 0 Å². The van der Waals surface area contributed by atoms with E-state index in [-0.39, 0.29) is 11.3 Å². The van der Waals surface area contributed by atoms with Crippen LogP contribution in [-0.4, -0.2) is 29.3 Å². The highest BCUT2D eigenvalue weighted by molar-refractivity contribution is 9.11. The summed E-state index contributed by atoms with van der Waals surface area (Å²) in [5.41, 5.74) is 1.12. The van der Waals surface area contributed by atoms with Crippen LogP contribution in [0.15, 0.2) is 9.85 Å². The number of alkyl halides is 1. The van der Waals surface area contributed by atoms with Crippen LogP contribution in [0.5, 0.6) is 0 Å². The lowest BCUT2D eigenvalue weighted by Crippen LogP contribution is -2.28. The molecule has 2 heterocycles. The van der Waals surface area contributed by atoms with E-state index in [9.17, 15) is 4.79 Å². The first-order chi connectivity index (χ1) is 7.08. The summed E-state index contributed by atoms with van der Waals surface area (Å²) in [7, 11) is 0. The van der Waals surface area contributed by atoms with Crippen molar-refractivity contribution in [3.63, 3.8) is 0 Å². The average Bonchev–Trinajstić information content (AvgIpc) is 2.74. The third-order valence-electron chi connectivity index (χ3n) is 2.49. The van der Waals surface area contributed by atoms with Crippen LogP contribution in [0, 0.1) is 6.92 Å². The Balaban J connectivity index is 2.14. The Morgan fingerprint density at radius 2 is 2.47 bits per heavy atom. The third kappa shape index (κ3) is 2.37. The zero-order chi connectivity index (χ0) is 11.0. The number of nitrogens with zero attached hydrogens (tertiary/aromatic N) is 1. The largest absolute Gasteiger partial charge is 0.336 e. The average molecular weight is 309 g/mol. The molecule has 0 spiro atoms. The molecule has 1 aromatic heterocycles. The minimum absolute atomic E-state index is 0.108. The van der Waals surface area contributed by atoms with E-state index in [1.807, 2.05) is 17.9 Å². The first kappa shape index (κ1) is 11.4. The van der Waals surface area contributed by atoms with Crippen LogP contribution in [0.3, 0.4) is 0 Å². The summed E-state index contributed by atoms with van der Waals surface area (Å²) < 4.78 is 1.03. The van der Waals surface area contributed by atoms with E-state index in [4.69, 9.17) is 11.6 Å². The number of rotatable bonds is 1. The summed E-state index contributed by atoms with van der Waals surface area (Å²) in [6.45, 7) is 3.45. The van der Waals surface area contributed by atoms with Crippen molar-refractivity contribution in [3.8, 4) is 0 Å². The highest BCUT2D eigenvalue weighted by Crippen LogP contribution is 2.29. The summed E-state index contributed by atoms with van der Waals surface area (Å²) in [6.07, 6.45) is 0.902. The number of halogens is 2. The van der Waals surface area contributed by atoms with Crippen molar-refractivity contribution in [2.45, 2.75) is 18.7 Å². The fourth-order valence-corrected chi connectivity index (χ4v) is 3.39. The van der Waals surface area contributed by atoms with Crippen molar-refractivity contribution in [3.05, 3.63) is 20.3 Å². The number of hydrogen-bond acceptors (Lipinski definition) is 2. The summed E-state index contributed by atoms with van der Waals surface area (Å²) >= 11 is 10.9. The monoisotopic (exact) mass is 307 g/mol. The third-order valence-corrected chi connectivity index (χ3v) is 4.97. The van der Waals surface area contributed by atoms with E-state index in [0.717, 1.165) is 27.2 Å². The van der Waals surface area contributed by atoms with Crippen LogP contribution in [0.2, 0.25) is 0 Å². The standard InChI is InChI=1S/C10H11BrClNOS/c1-6-4-8(15-9(6)11)10(14)13-3-2-7(12)5-13/h4,7H,2-3,5H2,1H3. The highest BCUT2D eigenvalue weighted by atomic mass is 79.9. The molecule has 0 N–H and O–H groups in total. The molecular formula is C10H11BrClNOS. The van der Waals surface area contributed by atoms with Crippen LogP contribution in [0.1, 0.15) is 21.7 Å². The Morgan fingerprint density at radius 3 is 2.93 bits per heavy atom. The van der Waals surface area contributed by atoms with Gasteiger partial charge in [-0.1, -0.05) is 0 Å². The molecule has 1 aromatic rings. The van der Waals surface area contributed by atoms with Gasteiger partial charge in [0.1, 0.15) is 0 Å². The fourth-order valence-electron chi connectivity index (χ4n) is 1.62. The van der Waals surface area contributed by atoms with Gasteiger partial charge in [0.2, 0.25) is 0 Å². The molecule has 0 aliphatic carbocycles. The summed E-state index contributed by atoms with van der Waals surface area (Å²) in [4.78, 5) is 14.6. The molecule has 1 fully saturated rings. The Morgan fingerprint density at radius 1 is 1.73 bits per heavy atom. The molecule has 1 atom stereocenters. The first-order valence-corrected chi connectivity index (χ1v) is 6.82. The quantitative estimate of drug-likeness (QED) is 0.729. The van der Waals surface area contributed by atoms with Crippen LogP contribution >= 0.6 is 38.9 Å². The molecule has 1 aliphatic heterocycles. The topological polar surface area (TPSA) is 20.3 Å². The lowest BCUT2D eigenvalue weighted by molar-refractivity contribution is 0.0798. The minimum atomic E-state index is 0.108. The van der Waals surface area contributed by atoms with Crippen LogP contribution in [0.4, 0.5) is 0 Å². The number of aryl methyl sites for hydroxylation is 1. The van der Waals surface area contributed by atoms with Crippen molar-refractivity contribution in [2.24, 2.45) is 0 Å². The van der Waals surface area contributed by atoms with Gasteiger partial charge in [-0.05, 0) is 40.9 Å². The van der Waals surface area contributed by atoms with Crippen molar-refractivity contribution in [2.75, 3.05) is 13.1 Å². The Kier molecular flexibility index (Phi) is 3.38. The second kappa shape index (κ2) is 4.44. The number of carbonyl (C=O) groups is 1. The predicted molar refractivity (Wildman–Crippen MR) is 66.9 cm³/mol. The van der Waals surface area contributed by atoms with E-state index < -0.39 is 0 Å². The Labute approximate surface area is 106 Å². The van der Waals surface area contributed by atoms with Gasteiger partial charge in [-0.3, -0.25) is 4.79 Å². The molecule has 1 aliphatic rings. The van der Waals surface area contributed by atoms with Crippen molar-refractivity contribution in [1.29, 1.82) is 0 Å². The van der Waals surface area contributed by atoms with Gasteiger partial charge in [-0.15, -0.1) is 22.9 Å². The van der Waals surface area contributed by atoms with Crippen LogP contribution in [-0.2, 0) is 0 Å².